The first kappa shape index (κ1) is 18.7. The van der Waals surface area contributed by atoms with E-state index in [0.717, 1.165) is 23.3 Å². The monoisotopic (exact) mass is 346 g/mol. The highest BCUT2D eigenvalue weighted by Gasteiger charge is 2.02. The Balaban J connectivity index is 1.68. The Morgan fingerprint density at radius 3 is 1.35 bits per heavy atom. The Labute approximate surface area is 152 Å². The molecule has 0 heterocycles. The third-order valence-corrected chi connectivity index (χ3v) is 3.07. The minimum Gasteiger partial charge on any atom is -0.242 e. The Kier molecular flexibility index (Phi) is 7.90. The van der Waals surface area contributed by atoms with Crippen molar-refractivity contribution in [2.75, 3.05) is 0 Å². The maximum absolute atomic E-state index is 11.4. The molecule has 0 unspecified atom stereocenters. The van der Waals surface area contributed by atoms with Gasteiger partial charge in [0.1, 0.15) is 0 Å². The molecule has 2 aromatic carbocycles. The fraction of sp³-hybridized carbons (Fsp3) is 0. The molecule has 0 aliphatic rings. The van der Waals surface area contributed by atoms with Crippen molar-refractivity contribution >= 4 is 24.1 Å². The molecule has 0 bridgehead atoms. The average Bonchev–Trinajstić information content (AvgIpc) is 2.68. The van der Waals surface area contributed by atoms with E-state index >= 15 is 0 Å². The predicted octanol–water partition coefficient (Wildman–Crippen LogP) is 4.53. The molecule has 0 saturated heterocycles. The first-order valence-corrected chi connectivity index (χ1v) is 7.96. The molecule has 0 aromatic heterocycles. The Hall–Kier alpha value is -3.66. The molecule has 0 fully saturated rings. The van der Waals surface area contributed by atoms with Crippen molar-refractivity contribution in [3.05, 3.63) is 108 Å². The Morgan fingerprint density at radius 2 is 0.962 bits per heavy atom. The number of carbonyl (C=O) groups excluding carboxylic acids is 2. The highest BCUT2D eigenvalue weighted by atomic mass is 17.2. The SMILES string of the molecule is O=C(C=CC=Cc1ccccc1)OOC(=O)C=CC=Cc1ccccc1. The first-order valence-electron chi connectivity index (χ1n) is 7.96. The number of carbonyl (C=O) groups is 2. The van der Waals surface area contributed by atoms with Crippen molar-refractivity contribution in [2.45, 2.75) is 0 Å². The van der Waals surface area contributed by atoms with Gasteiger partial charge >= 0.3 is 11.9 Å². The first-order chi connectivity index (χ1) is 12.7. The second kappa shape index (κ2) is 11.0. The Bertz CT molecular complexity index is 744. The van der Waals surface area contributed by atoms with Crippen LogP contribution in [0.4, 0.5) is 0 Å². The molecule has 2 aromatic rings. The molecule has 0 aliphatic heterocycles. The minimum absolute atomic E-state index is 0.774. The summed E-state index contributed by atoms with van der Waals surface area (Å²) in [5.74, 6) is -1.55. The van der Waals surface area contributed by atoms with E-state index < -0.39 is 11.9 Å². The quantitative estimate of drug-likeness (QED) is 0.334. The van der Waals surface area contributed by atoms with Gasteiger partial charge in [0.05, 0.1) is 0 Å². The van der Waals surface area contributed by atoms with E-state index in [9.17, 15) is 9.59 Å². The standard InChI is InChI=1S/C22H18O4/c23-21(17-9-7-15-19-11-3-1-4-12-19)25-26-22(24)18-10-8-16-20-13-5-2-6-14-20/h1-18H. The van der Waals surface area contributed by atoms with Gasteiger partial charge in [0.25, 0.3) is 0 Å². The molecule has 4 heteroatoms. The molecule has 0 atom stereocenters. The van der Waals surface area contributed by atoms with Crippen LogP contribution < -0.4 is 0 Å². The van der Waals surface area contributed by atoms with Gasteiger partial charge in [0, 0.05) is 12.2 Å². The van der Waals surface area contributed by atoms with E-state index in [4.69, 9.17) is 0 Å². The lowest BCUT2D eigenvalue weighted by molar-refractivity contribution is -0.250. The van der Waals surface area contributed by atoms with Gasteiger partial charge in [-0.3, -0.25) is 0 Å². The van der Waals surface area contributed by atoms with Crippen LogP contribution in [0.5, 0.6) is 0 Å². The summed E-state index contributed by atoms with van der Waals surface area (Å²) < 4.78 is 0. The minimum atomic E-state index is -0.774. The van der Waals surface area contributed by atoms with E-state index in [1.54, 1.807) is 12.2 Å². The van der Waals surface area contributed by atoms with E-state index in [0.29, 0.717) is 0 Å². The van der Waals surface area contributed by atoms with Crippen molar-refractivity contribution in [1.82, 2.24) is 0 Å². The smallest absolute Gasteiger partial charge is 0.242 e. The number of rotatable bonds is 6. The number of allylic oxidation sites excluding steroid dienone is 4. The van der Waals surface area contributed by atoms with Gasteiger partial charge in [-0.2, -0.15) is 0 Å². The molecular weight excluding hydrogens is 328 g/mol. The van der Waals surface area contributed by atoms with Gasteiger partial charge in [0.2, 0.25) is 0 Å². The van der Waals surface area contributed by atoms with Crippen LogP contribution >= 0.6 is 0 Å². The number of hydrogen-bond acceptors (Lipinski definition) is 4. The second-order valence-corrected chi connectivity index (χ2v) is 5.06. The van der Waals surface area contributed by atoms with E-state index in [-0.39, 0.29) is 0 Å². The summed E-state index contributed by atoms with van der Waals surface area (Å²) in [6.45, 7) is 0. The van der Waals surface area contributed by atoms with Crippen molar-refractivity contribution in [3.63, 3.8) is 0 Å². The lowest BCUT2D eigenvalue weighted by Gasteiger charge is -1.96. The highest BCUT2D eigenvalue weighted by molar-refractivity contribution is 5.85. The molecule has 4 nitrogen and oxygen atoms in total. The topological polar surface area (TPSA) is 52.6 Å². The summed E-state index contributed by atoms with van der Waals surface area (Å²) in [6, 6.07) is 19.2. The molecule has 0 N–H and O–H groups in total. The summed E-state index contributed by atoms with van der Waals surface area (Å²) in [6.07, 6.45) is 12.4. The van der Waals surface area contributed by atoms with Crippen LogP contribution in [-0.4, -0.2) is 11.9 Å². The highest BCUT2D eigenvalue weighted by Crippen LogP contribution is 2.02. The van der Waals surface area contributed by atoms with Crippen LogP contribution in [0.15, 0.2) is 97.1 Å². The predicted molar refractivity (Wildman–Crippen MR) is 101 cm³/mol. The van der Waals surface area contributed by atoms with Crippen molar-refractivity contribution in [2.24, 2.45) is 0 Å². The fourth-order valence-electron chi connectivity index (χ4n) is 1.87. The lowest BCUT2D eigenvalue weighted by atomic mass is 10.2. The van der Waals surface area contributed by atoms with Crippen LogP contribution in [0.2, 0.25) is 0 Å². The maximum atomic E-state index is 11.4. The summed E-state index contributed by atoms with van der Waals surface area (Å²) in [5.41, 5.74) is 2.01. The molecule has 0 aliphatic carbocycles. The second-order valence-electron chi connectivity index (χ2n) is 5.06. The Morgan fingerprint density at radius 1 is 0.577 bits per heavy atom. The van der Waals surface area contributed by atoms with Gasteiger partial charge in [-0.05, 0) is 11.1 Å². The summed E-state index contributed by atoms with van der Waals surface area (Å²) >= 11 is 0. The molecule has 130 valence electrons. The zero-order chi connectivity index (χ0) is 18.5. The van der Waals surface area contributed by atoms with Crippen LogP contribution in [0.25, 0.3) is 12.2 Å². The van der Waals surface area contributed by atoms with Crippen molar-refractivity contribution < 1.29 is 19.4 Å². The molecule has 0 amide bonds. The summed E-state index contributed by atoms with van der Waals surface area (Å²) in [4.78, 5) is 31.6. The zero-order valence-electron chi connectivity index (χ0n) is 14.0. The summed E-state index contributed by atoms with van der Waals surface area (Å²) in [7, 11) is 0. The lowest BCUT2D eigenvalue weighted by Crippen LogP contribution is -2.06. The third kappa shape index (κ3) is 7.75. The normalized spacial score (nSPS) is 11.5. The van der Waals surface area contributed by atoms with E-state index in [1.165, 1.54) is 12.2 Å². The molecule has 26 heavy (non-hydrogen) atoms. The number of hydrogen-bond donors (Lipinski definition) is 0. The van der Waals surface area contributed by atoms with Crippen LogP contribution in [0, 0.1) is 0 Å². The number of benzene rings is 2. The molecular formula is C22H18O4. The van der Waals surface area contributed by atoms with Gasteiger partial charge < -0.3 is 0 Å². The zero-order valence-corrected chi connectivity index (χ0v) is 14.0. The van der Waals surface area contributed by atoms with Crippen LogP contribution in [0.3, 0.4) is 0 Å². The maximum Gasteiger partial charge on any atom is 0.379 e. The van der Waals surface area contributed by atoms with E-state index in [2.05, 4.69) is 9.78 Å². The summed E-state index contributed by atoms with van der Waals surface area (Å²) in [5, 5.41) is 0. The molecule has 0 spiro atoms. The van der Waals surface area contributed by atoms with Gasteiger partial charge in [-0.15, -0.1) is 0 Å². The van der Waals surface area contributed by atoms with Gasteiger partial charge in [0.15, 0.2) is 0 Å². The molecule has 2 rings (SSSR count). The van der Waals surface area contributed by atoms with E-state index in [1.807, 2.05) is 72.8 Å². The van der Waals surface area contributed by atoms with Crippen molar-refractivity contribution in [1.29, 1.82) is 0 Å². The average molecular weight is 346 g/mol. The van der Waals surface area contributed by atoms with Crippen LogP contribution in [-0.2, 0) is 19.4 Å². The largest absolute Gasteiger partial charge is 0.379 e. The van der Waals surface area contributed by atoms with Gasteiger partial charge in [-0.1, -0.05) is 97.1 Å². The third-order valence-electron chi connectivity index (χ3n) is 3.07. The molecule has 0 radical (unpaired) electrons. The molecule has 0 saturated carbocycles. The van der Waals surface area contributed by atoms with Crippen LogP contribution in [0.1, 0.15) is 11.1 Å². The fourth-order valence-corrected chi connectivity index (χ4v) is 1.87. The van der Waals surface area contributed by atoms with Crippen molar-refractivity contribution in [3.8, 4) is 0 Å². The van der Waals surface area contributed by atoms with Gasteiger partial charge in [-0.25, -0.2) is 19.4 Å².